The maximum atomic E-state index is 13.6. The van der Waals surface area contributed by atoms with Gasteiger partial charge in [0.25, 0.3) is 5.56 Å². The number of carbonyl (C=O) groups excluding carboxylic acids is 3. The summed E-state index contributed by atoms with van der Waals surface area (Å²) >= 11 is 0. The Morgan fingerprint density at radius 2 is 1.67 bits per heavy atom. The second-order valence-corrected chi connectivity index (χ2v) is 18.2. The van der Waals surface area contributed by atoms with Crippen molar-refractivity contribution in [2.24, 2.45) is 0 Å². The molecule has 0 spiro atoms. The van der Waals surface area contributed by atoms with E-state index in [2.05, 4.69) is 48.7 Å². The van der Waals surface area contributed by atoms with Gasteiger partial charge < -0.3 is 19.7 Å². The molecule has 3 aromatic rings. The number of aromatic nitrogens is 2. The van der Waals surface area contributed by atoms with E-state index in [1.54, 1.807) is 0 Å². The van der Waals surface area contributed by atoms with E-state index >= 15 is 0 Å². The molecule has 1 atom stereocenters. The first-order valence-corrected chi connectivity index (χ1v) is 19.1. The lowest BCUT2D eigenvalue weighted by Crippen LogP contribution is -2.50. The third kappa shape index (κ3) is 8.51. The normalized spacial score (nSPS) is 12.9. The van der Waals surface area contributed by atoms with Crippen molar-refractivity contribution in [2.75, 3.05) is 26.3 Å². The van der Waals surface area contributed by atoms with Gasteiger partial charge in [-0.2, -0.15) is 0 Å². The highest BCUT2D eigenvalue weighted by Crippen LogP contribution is 2.44. The summed E-state index contributed by atoms with van der Waals surface area (Å²) in [5.41, 5.74) is 3.35. The maximum Gasteiger partial charge on any atom is 0.407 e. The van der Waals surface area contributed by atoms with Crippen molar-refractivity contribution >= 4 is 26.0 Å². The van der Waals surface area contributed by atoms with Crippen LogP contribution in [0.4, 0.5) is 4.79 Å². The van der Waals surface area contributed by atoms with Gasteiger partial charge in [0.2, 0.25) is 5.91 Å². The molecule has 0 saturated carbocycles. The molecule has 244 valence electrons. The number of esters is 1. The van der Waals surface area contributed by atoms with Crippen molar-refractivity contribution in [1.82, 2.24) is 19.8 Å². The number of hydrogen-bond acceptors (Lipinski definition) is 7. The summed E-state index contributed by atoms with van der Waals surface area (Å²) in [6.45, 7) is 11.6. The van der Waals surface area contributed by atoms with E-state index in [0.29, 0.717) is 0 Å². The molecular formula is C34H42N4O7Si. The van der Waals surface area contributed by atoms with Crippen LogP contribution in [0.15, 0.2) is 77.0 Å². The van der Waals surface area contributed by atoms with Crippen LogP contribution in [0.3, 0.4) is 0 Å². The number of fused-ring (bicyclic) bond motifs is 3. The molecule has 1 aliphatic carbocycles. The first-order chi connectivity index (χ1) is 21.9. The van der Waals surface area contributed by atoms with Gasteiger partial charge in [-0.05, 0) is 41.6 Å². The Kier molecular flexibility index (Phi) is 11.2. The largest absolute Gasteiger partial charge is 0.464 e. The summed E-state index contributed by atoms with van der Waals surface area (Å²) in [5.74, 6) is -1.28. The number of carbonyl (C=O) groups is 3. The van der Waals surface area contributed by atoms with Crippen LogP contribution in [0.1, 0.15) is 29.0 Å². The topological polar surface area (TPSA) is 140 Å². The van der Waals surface area contributed by atoms with Crippen LogP contribution >= 0.6 is 0 Å². The summed E-state index contributed by atoms with van der Waals surface area (Å²) in [5, 5.41) is 2.69. The highest BCUT2D eigenvalue weighted by Gasteiger charge is 2.32. The summed E-state index contributed by atoms with van der Waals surface area (Å²) in [4.78, 5) is 67.4. The van der Waals surface area contributed by atoms with E-state index in [9.17, 15) is 24.0 Å². The molecular weight excluding hydrogens is 604 g/mol. The Hall–Kier alpha value is -4.71. The van der Waals surface area contributed by atoms with Crippen LogP contribution in [-0.2, 0) is 25.6 Å². The average Bonchev–Trinajstić information content (AvgIpc) is 3.33. The van der Waals surface area contributed by atoms with E-state index < -0.39 is 49.9 Å². The smallest absolute Gasteiger partial charge is 0.407 e. The zero-order valence-electron chi connectivity index (χ0n) is 26.8. The minimum Gasteiger partial charge on any atom is -0.464 e. The second-order valence-electron chi connectivity index (χ2n) is 12.6. The lowest BCUT2D eigenvalue weighted by molar-refractivity contribution is -0.155. The standard InChI is InChI=1S/C34H42N4O7Si/c1-6-11-29(32(41)44-18-19-46(3,4)5)38(30(39)21-37-20-23(2)31(40)36-33(37)42)17-16-35-34(43)45-22-28-26-14-9-7-12-24(26)25-13-8-10-15-27(25)28/h6-10,12-15,20,28-29H,1,11,16-19,21-22H2,2-5H3,(H,35,43)(H,36,40,42). The molecule has 0 radical (unpaired) electrons. The van der Waals surface area contributed by atoms with Crippen molar-refractivity contribution in [1.29, 1.82) is 0 Å². The predicted molar refractivity (Wildman–Crippen MR) is 179 cm³/mol. The molecule has 4 rings (SSSR count). The van der Waals surface area contributed by atoms with Gasteiger partial charge >= 0.3 is 17.8 Å². The molecule has 2 aromatic carbocycles. The van der Waals surface area contributed by atoms with E-state index in [0.717, 1.165) is 32.9 Å². The summed E-state index contributed by atoms with van der Waals surface area (Å²) in [6, 6.07) is 15.8. The Morgan fingerprint density at radius 3 is 2.28 bits per heavy atom. The number of rotatable bonds is 14. The molecule has 11 nitrogen and oxygen atoms in total. The summed E-state index contributed by atoms with van der Waals surface area (Å²) in [7, 11) is -1.49. The number of alkyl carbamates (subject to hydrolysis) is 1. The fourth-order valence-corrected chi connectivity index (χ4v) is 6.13. The van der Waals surface area contributed by atoms with Crippen LogP contribution in [0.25, 0.3) is 11.1 Å². The number of H-pyrrole nitrogens is 1. The molecule has 2 N–H and O–H groups in total. The van der Waals surface area contributed by atoms with Gasteiger partial charge in [0.15, 0.2) is 0 Å². The zero-order valence-corrected chi connectivity index (χ0v) is 27.8. The van der Waals surface area contributed by atoms with E-state index in [4.69, 9.17) is 9.47 Å². The fraction of sp³-hybridized carbons (Fsp3) is 0.382. The molecule has 2 amide bonds. The molecule has 0 bridgehead atoms. The van der Waals surface area contributed by atoms with E-state index in [1.807, 2.05) is 36.4 Å². The zero-order chi connectivity index (χ0) is 33.4. The minimum atomic E-state index is -1.49. The van der Waals surface area contributed by atoms with Gasteiger partial charge in [-0.3, -0.25) is 19.1 Å². The lowest BCUT2D eigenvalue weighted by atomic mass is 9.98. The van der Waals surface area contributed by atoms with Gasteiger partial charge in [0, 0.05) is 38.8 Å². The van der Waals surface area contributed by atoms with Gasteiger partial charge in [0.05, 0.1) is 6.61 Å². The highest BCUT2D eigenvalue weighted by atomic mass is 28.3. The number of amides is 2. The summed E-state index contributed by atoms with van der Waals surface area (Å²) in [6.07, 6.45) is 2.24. The van der Waals surface area contributed by atoms with Gasteiger partial charge in [0.1, 0.15) is 19.2 Å². The second kappa shape index (κ2) is 15.0. The van der Waals surface area contributed by atoms with Gasteiger partial charge in [-0.25, -0.2) is 14.4 Å². The Bertz CT molecular complexity index is 1660. The Morgan fingerprint density at radius 1 is 1.04 bits per heavy atom. The van der Waals surface area contributed by atoms with Crippen molar-refractivity contribution in [3.63, 3.8) is 0 Å². The molecule has 0 saturated heterocycles. The number of ether oxygens (including phenoxy) is 2. The third-order valence-electron chi connectivity index (χ3n) is 7.92. The monoisotopic (exact) mass is 646 g/mol. The number of nitrogens with one attached hydrogen (secondary N) is 2. The number of hydrogen-bond donors (Lipinski definition) is 2. The molecule has 1 aliphatic rings. The Labute approximate surface area is 269 Å². The molecule has 0 fully saturated rings. The number of aromatic amines is 1. The highest BCUT2D eigenvalue weighted by molar-refractivity contribution is 6.76. The van der Waals surface area contributed by atoms with Crippen LogP contribution < -0.4 is 16.6 Å². The molecule has 0 aliphatic heterocycles. The molecule has 12 heteroatoms. The molecule has 1 aromatic heterocycles. The number of aryl methyl sites for hydroxylation is 1. The molecule has 1 heterocycles. The number of benzene rings is 2. The third-order valence-corrected chi connectivity index (χ3v) is 9.62. The molecule has 46 heavy (non-hydrogen) atoms. The lowest BCUT2D eigenvalue weighted by Gasteiger charge is -2.30. The average molecular weight is 647 g/mol. The summed E-state index contributed by atoms with van der Waals surface area (Å²) < 4.78 is 12.3. The fourth-order valence-electron chi connectivity index (χ4n) is 5.42. The van der Waals surface area contributed by atoms with Crippen LogP contribution in [0.2, 0.25) is 25.7 Å². The first kappa shape index (κ1) is 34.2. The molecule has 1 unspecified atom stereocenters. The first-order valence-electron chi connectivity index (χ1n) is 15.4. The van der Waals surface area contributed by atoms with Gasteiger partial charge in [-0.1, -0.05) is 74.2 Å². The SMILES string of the molecule is C=CCC(C(=O)OCC[Si](C)(C)C)N(CCNC(=O)OCC1c2ccccc2-c2ccccc21)C(=O)Cn1cc(C)c(=O)[nH]c1=O. The van der Waals surface area contributed by atoms with Crippen molar-refractivity contribution in [3.05, 3.63) is 105 Å². The predicted octanol–water partition coefficient (Wildman–Crippen LogP) is 4.04. The van der Waals surface area contributed by atoms with E-state index in [1.165, 1.54) is 24.1 Å². The Balaban J connectivity index is 1.45. The minimum absolute atomic E-state index is 0.0300. The van der Waals surface area contributed by atoms with Crippen LogP contribution in [-0.4, -0.2) is 72.8 Å². The quantitative estimate of drug-likeness (QED) is 0.153. The van der Waals surface area contributed by atoms with Crippen molar-refractivity contribution < 1.29 is 23.9 Å². The number of nitrogens with zero attached hydrogens (tertiary/aromatic N) is 2. The van der Waals surface area contributed by atoms with Crippen molar-refractivity contribution in [3.8, 4) is 11.1 Å². The van der Waals surface area contributed by atoms with Crippen LogP contribution in [0.5, 0.6) is 0 Å². The maximum absolute atomic E-state index is 13.6. The van der Waals surface area contributed by atoms with Gasteiger partial charge in [-0.15, -0.1) is 6.58 Å². The van der Waals surface area contributed by atoms with E-state index in [-0.39, 0.29) is 44.2 Å². The van der Waals surface area contributed by atoms with Crippen molar-refractivity contribution in [2.45, 2.75) is 57.5 Å². The van der Waals surface area contributed by atoms with Crippen LogP contribution in [0, 0.1) is 6.92 Å².